The number of benzene rings is 1. The van der Waals surface area contributed by atoms with Crippen LogP contribution in [0.4, 0.5) is 17.3 Å². The first-order chi connectivity index (χ1) is 11.2. The van der Waals surface area contributed by atoms with Crippen LogP contribution < -0.4 is 10.6 Å². The van der Waals surface area contributed by atoms with Crippen molar-refractivity contribution in [1.82, 2.24) is 15.0 Å². The molecule has 3 aromatic rings. The summed E-state index contributed by atoms with van der Waals surface area (Å²) in [5.74, 6) is 1.52. The van der Waals surface area contributed by atoms with E-state index in [9.17, 15) is 0 Å². The molecule has 6 heteroatoms. The van der Waals surface area contributed by atoms with Crippen LogP contribution in [0.5, 0.6) is 0 Å². The van der Waals surface area contributed by atoms with Gasteiger partial charge < -0.3 is 10.6 Å². The van der Waals surface area contributed by atoms with Crippen LogP contribution in [0.2, 0.25) is 0 Å². The molecule has 0 bridgehead atoms. The van der Waals surface area contributed by atoms with Gasteiger partial charge in [0.05, 0.1) is 0 Å². The summed E-state index contributed by atoms with van der Waals surface area (Å²) < 4.78 is 1.09. The molecule has 5 nitrogen and oxygen atoms in total. The topological polar surface area (TPSA) is 62.7 Å². The maximum absolute atomic E-state index is 4.26. The van der Waals surface area contributed by atoms with E-state index in [0.29, 0.717) is 6.54 Å². The Bertz CT molecular complexity index is 792. The molecule has 0 radical (unpaired) electrons. The van der Waals surface area contributed by atoms with Gasteiger partial charge in [0.25, 0.3) is 0 Å². The van der Waals surface area contributed by atoms with Crippen molar-refractivity contribution in [2.24, 2.45) is 0 Å². The second kappa shape index (κ2) is 7.19. The summed E-state index contributed by atoms with van der Waals surface area (Å²) in [5.41, 5.74) is 3.31. The molecular weight excluding hydrogens is 354 g/mol. The highest BCUT2D eigenvalue weighted by molar-refractivity contribution is 9.10. The summed E-state index contributed by atoms with van der Waals surface area (Å²) in [5, 5.41) is 6.57. The van der Waals surface area contributed by atoms with Gasteiger partial charge >= 0.3 is 0 Å². The van der Waals surface area contributed by atoms with Crippen molar-refractivity contribution in [2.75, 3.05) is 10.6 Å². The van der Waals surface area contributed by atoms with Gasteiger partial charge in [-0.25, -0.2) is 9.97 Å². The Morgan fingerprint density at radius 3 is 2.57 bits per heavy atom. The molecule has 0 saturated heterocycles. The van der Waals surface area contributed by atoms with E-state index in [-0.39, 0.29) is 0 Å². The molecule has 2 aromatic heterocycles. The van der Waals surface area contributed by atoms with Crippen molar-refractivity contribution in [2.45, 2.75) is 13.5 Å². The lowest BCUT2D eigenvalue weighted by Crippen LogP contribution is -2.03. The summed E-state index contributed by atoms with van der Waals surface area (Å²) in [6.07, 6.45) is 5.10. The highest BCUT2D eigenvalue weighted by atomic mass is 79.9. The third kappa shape index (κ3) is 4.26. The first kappa shape index (κ1) is 15.4. The Morgan fingerprint density at radius 1 is 1.00 bits per heavy atom. The van der Waals surface area contributed by atoms with Gasteiger partial charge in [-0.15, -0.1) is 0 Å². The highest BCUT2D eigenvalue weighted by Crippen LogP contribution is 2.22. The quantitative estimate of drug-likeness (QED) is 0.701. The number of hydrogen-bond acceptors (Lipinski definition) is 5. The summed E-state index contributed by atoms with van der Waals surface area (Å²) in [6, 6.07) is 11.9. The van der Waals surface area contributed by atoms with E-state index >= 15 is 0 Å². The van der Waals surface area contributed by atoms with Crippen molar-refractivity contribution in [3.8, 4) is 0 Å². The lowest BCUT2D eigenvalue weighted by atomic mass is 10.2. The fraction of sp³-hybridized carbons (Fsp3) is 0.118. The van der Waals surface area contributed by atoms with Crippen LogP contribution in [0.25, 0.3) is 0 Å². The molecule has 0 fully saturated rings. The normalized spacial score (nSPS) is 10.3. The van der Waals surface area contributed by atoms with E-state index in [1.54, 1.807) is 18.7 Å². The molecule has 23 heavy (non-hydrogen) atoms. The van der Waals surface area contributed by atoms with Gasteiger partial charge in [-0.05, 0) is 48.4 Å². The molecule has 116 valence electrons. The molecule has 0 aliphatic rings. The predicted octanol–water partition coefficient (Wildman–Crippen LogP) is 4.30. The summed E-state index contributed by atoms with van der Waals surface area (Å²) in [6.45, 7) is 2.74. The van der Waals surface area contributed by atoms with Gasteiger partial charge in [0.15, 0.2) is 0 Å². The second-order valence-corrected chi connectivity index (χ2v) is 5.94. The first-order valence-electron chi connectivity index (χ1n) is 7.19. The highest BCUT2D eigenvalue weighted by Gasteiger charge is 2.02. The minimum absolute atomic E-state index is 0.691. The number of nitrogens with zero attached hydrogens (tertiary/aromatic N) is 3. The van der Waals surface area contributed by atoms with Crippen LogP contribution in [0, 0.1) is 6.92 Å². The van der Waals surface area contributed by atoms with Crippen molar-refractivity contribution >= 4 is 33.3 Å². The molecule has 1 aromatic carbocycles. The average molecular weight is 370 g/mol. The maximum atomic E-state index is 4.26. The van der Waals surface area contributed by atoms with E-state index in [4.69, 9.17) is 0 Å². The van der Waals surface area contributed by atoms with Gasteiger partial charge in [0.2, 0.25) is 0 Å². The zero-order chi connectivity index (χ0) is 16.1. The Hall–Kier alpha value is -2.47. The molecule has 0 spiro atoms. The lowest BCUT2D eigenvalue weighted by molar-refractivity contribution is 1.07. The minimum Gasteiger partial charge on any atom is -0.366 e. The molecule has 0 aliphatic heterocycles. The number of nitrogens with one attached hydrogen (secondary N) is 2. The van der Waals surface area contributed by atoms with E-state index in [0.717, 1.165) is 27.4 Å². The molecule has 0 atom stereocenters. The zero-order valence-corrected chi connectivity index (χ0v) is 14.2. The predicted molar refractivity (Wildman–Crippen MR) is 95.8 cm³/mol. The van der Waals surface area contributed by atoms with Crippen LogP contribution in [-0.2, 0) is 6.54 Å². The molecular formula is C17H16BrN5. The standard InChI is InChI=1S/C17H16BrN5/c1-12-8-14(2-3-15(12)18)23-17-9-16(21-11-22-17)20-10-13-4-6-19-7-5-13/h2-9,11H,10H2,1H3,(H2,20,21,22,23). The fourth-order valence-corrected chi connectivity index (χ4v) is 2.33. The fourth-order valence-electron chi connectivity index (χ4n) is 2.09. The van der Waals surface area contributed by atoms with Crippen molar-refractivity contribution in [3.63, 3.8) is 0 Å². The van der Waals surface area contributed by atoms with Crippen molar-refractivity contribution < 1.29 is 0 Å². The number of anilines is 3. The van der Waals surface area contributed by atoms with Gasteiger partial charge in [0.1, 0.15) is 18.0 Å². The van der Waals surface area contributed by atoms with Gasteiger partial charge in [0, 0.05) is 35.2 Å². The van der Waals surface area contributed by atoms with Crippen LogP contribution in [0.3, 0.4) is 0 Å². The minimum atomic E-state index is 0.691. The van der Waals surface area contributed by atoms with E-state index in [1.807, 2.05) is 30.3 Å². The SMILES string of the molecule is Cc1cc(Nc2cc(NCc3ccncc3)ncn2)ccc1Br. The second-order valence-electron chi connectivity index (χ2n) is 5.09. The number of hydrogen-bond donors (Lipinski definition) is 2. The van der Waals surface area contributed by atoms with Crippen molar-refractivity contribution in [3.05, 3.63) is 70.7 Å². The molecule has 3 rings (SSSR count). The number of halogens is 1. The van der Waals surface area contributed by atoms with Gasteiger partial charge in [-0.1, -0.05) is 15.9 Å². The molecule has 0 saturated carbocycles. The molecule has 0 amide bonds. The Morgan fingerprint density at radius 2 is 1.78 bits per heavy atom. The number of rotatable bonds is 5. The number of aryl methyl sites for hydroxylation is 1. The summed E-state index contributed by atoms with van der Waals surface area (Å²) in [4.78, 5) is 12.5. The lowest BCUT2D eigenvalue weighted by Gasteiger charge is -2.09. The van der Waals surface area contributed by atoms with Crippen LogP contribution >= 0.6 is 15.9 Å². The third-order valence-corrected chi connectivity index (χ3v) is 4.21. The molecule has 2 heterocycles. The molecule has 0 aliphatic carbocycles. The molecule has 2 N–H and O–H groups in total. The van der Waals surface area contributed by atoms with E-state index in [1.165, 1.54) is 5.56 Å². The Balaban J connectivity index is 1.68. The van der Waals surface area contributed by atoms with Crippen molar-refractivity contribution in [1.29, 1.82) is 0 Å². The smallest absolute Gasteiger partial charge is 0.135 e. The van der Waals surface area contributed by atoms with Gasteiger partial charge in [-0.2, -0.15) is 0 Å². The molecule has 0 unspecified atom stereocenters. The van der Waals surface area contributed by atoms with E-state index < -0.39 is 0 Å². The van der Waals surface area contributed by atoms with E-state index in [2.05, 4.69) is 54.5 Å². The summed E-state index contributed by atoms with van der Waals surface area (Å²) >= 11 is 3.50. The largest absolute Gasteiger partial charge is 0.366 e. The first-order valence-corrected chi connectivity index (χ1v) is 7.98. The van der Waals surface area contributed by atoms with Crippen LogP contribution in [0.1, 0.15) is 11.1 Å². The number of aromatic nitrogens is 3. The van der Waals surface area contributed by atoms with Gasteiger partial charge in [-0.3, -0.25) is 4.98 Å². The Kier molecular flexibility index (Phi) is 4.83. The number of pyridine rings is 1. The third-order valence-electron chi connectivity index (χ3n) is 3.32. The van der Waals surface area contributed by atoms with Crippen LogP contribution in [-0.4, -0.2) is 15.0 Å². The summed E-state index contributed by atoms with van der Waals surface area (Å²) in [7, 11) is 0. The maximum Gasteiger partial charge on any atom is 0.135 e. The van der Waals surface area contributed by atoms with Crippen LogP contribution in [0.15, 0.2) is 59.6 Å². The zero-order valence-electron chi connectivity index (χ0n) is 12.6. The Labute approximate surface area is 143 Å². The average Bonchev–Trinajstić information content (AvgIpc) is 2.58. The monoisotopic (exact) mass is 369 g/mol.